The van der Waals surface area contributed by atoms with Crippen LogP contribution in [0, 0.1) is 17.8 Å². The van der Waals surface area contributed by atoms with Gasteiger partial charge in [-0.1, -0.05) is 34.6 Å². The molecular weight excluding hydrogens is 368 g/mol. The van der Waals surface area contributed by atoms with Crippen LogP contribution in [0.3, 0.4) is 0 Å². The minimum absolute atomic E-state index is 0.692. The molecule has 0 amide bonds. The van der Waals surface area contributed by atoms with E-state index in [-0.39, 0.29) is 0 Å². The summed E-state index contributed by atoms with van der Waals surface area (Å²) in [6.45, 7) is 30.5. The van der Waals surface area contributed by atoms with Crippen molar-refractivity contribution in [2.75, 3.05) is 58.9 Å². The van der Waals surface area contributed by atoms with Crippen LogP contribution in [-0.4, -0.2) is 96.6 Å². The van der Waals surface area contributed by atoms with Gasteiger partial charge in [0.25, 0.3) is 0 Å². The quantitative estimate of drug-likeness (QED) is 0.486. The lowest BCUT2D eigenvalue weighted by atomic mass is 9.88. The minimum atomic E-state index is 0.692. The zero-order valence-corrected chi connectivity index (χ0v) is 21.7. The van der Waals surface area contributed by atoms with Gasteiger partial charge >= 0.3 is 0 Å². The van der Waals surface area contributed by atoms with Gasteiger partial charge in [0.05, 0.1) is 0 Å². The molecule has 2 saturated heterocycles. The maximum absolute atomic E-state index is 2.80. The van der Waals surface area contributed by atoms with Crippen molar-refractivity contribution in [1.29, 1.82) is 0 Å². The molecule has 0 aromatic carbocycles. The molecule has 0 aliphatic carbocycles. The second-order valence-electron chi connectivity index (χ2n) is 11.5. The predicted molar refractivity (Wildman–Crippen MR) is 132 cm³/mol. The zero-order chi connectivity index (χ0) is 22.3. The molecule has 2 heterocycles. The molecule has 3 atom stereocenters. The fraction of sp³-hybridized carbons (Fsp3) is 1.00. The van der Waals surface area contributed by atoms with Gasteiger partial charge in [-0.3, -0.25) is 14.7 Å². The van der Waals surface area contributed by atoms with Crippen LogP contribution in [0.25, 0.3) is 0 Å². The van der Waals surface area contributed by atoms with E-state index in [1.807, 2.05) is 0 Å². The molecular formula is C26H54N4. The van der Waals surface area contributed by atoms with E-state index in [0.29, 0.717) is 6.04 Å². The molecule has 0 saturated carbocycles. The molecule has 30 heavy (non-hydrogen) atoms. The molecule has 2 fully saturated rings. The summed E-state index contributed by atoms with van der Waals surface area (Å²) in [4.78, 5) is 10.8. The Balaban J connectivity index is 1.72. The summed E-state index contributed by atoms with van der Waals surface area (Å²) in [7, 11) is 0. The number of piperazine rings is 2. The van der Waals surface area contributed by atoms with Crippen LogP contribution in [0.5, 0.6) is 0 Å². The largest absolute Gasteiger partial charge is 0.301 e. The summed E-state index contributed by atoms with van der Waals surface area (Å²) < 4.78 is 0. The third-order valence-corrected chi connectivity index (χ3v) is 7.69. The lowest BCUT2D eigenvalue weighted by Gasteiger charge is -2.43. The maximum Gasteiger partial charge on any atom is 0.0122 e. The number of nitrogens with zero attached hydrogens (tertiary/aromatic N) is 4. The normalized spacial score (nSPS) is 24.1. The standard InChI is InChI=1S/C26H54N4/c1-21(2)20-27-11-13-29(14-12-27)25(8)10-9-24(7)19-26(22(3)4)30-17-15-28(16-18-30)23(5)6/h21-26H,9-20H2,1-8H3. The van der Waals surface area contributed by atoms with E-state index in [0.717, 1.165) is 29.8 Å². The predicted octanol–water partition coefficient (Wildman–Crippen LogP) is 4.51. The molecule has 0 radical (unpaired) electrons. The first kappa shape index (κ1) is 26.1. The number of hydrogen-bond acceptors (Lipinski definition) is 4. The molecule has 0 N–H and O–H groups in total. The monoisotopic (exact) mass is 422 g/mol. The first-order valence-corrected chi connectivity index (χ1v) is 13.1. The Morgan fingerprint density at radius 1 is 0.600 bits per heavy atom. The van der Waals surface area contributed by atoms with Crippen molar-refractivity contribution in [1.82, 2.24) is 19.6 Å². The third kappa shape index (κ3) is 8.41. The first-order chi connectivity index (χ1) is 14.2. The van der Waals surface area contributed by atoms with Gasteiger partial charge < -0.3 is 4.90 Å². The minimum Gasteiger partial charge on any atom is -0.301 e. The van der Waals surface area contributed by atoms with Gasteiger partial charge in [-0.25, -0.2) is 0 Å². The fourth-order valence-electron chi connectivity index (χ4n) is 5.57. The maximum atomic E-state index is 2.80. The van der Waals surface area contributed by atoms with E-state index < -0.39 is 0 Å². The second kappa shape index (κ2) is 12.8. The first-order valence-electron chi connectivity index (χ1n) is 13.1. The van der Waals surface area contributed by atoms with E-state index >= 15 is 0 Å². The van der Waals surface area contributed by atoms with Crippen molar-refractivity contribution in [3.05, 3.63) is 0 Å². The van der Waals surface area contributed by atoms with Crippen LogP contribution in [0.15, 0.2) is 0 Å². The van der Waals surface area contributed by atoms with Crippen molar-refractivity contribution in [2.45, 2.75) is 92.8 Å². The van der Waals surface area contributed by atoms with Crippen LogP contribution < -0.4 is 0 Å². The van der Waals surface area contributed by atoms with E-state index in [9.17, 15) is 0 Å². The Hall–Kier alpha value is -0.160. The van der Waals surface area contributed by atoms with E-state index in [2.05, 4.69) is 75.0 Å². The summed E-state index contributed by atoms with van der Waals surface area (Å²) in [6, 6.07) is 2.18. The lowest BCUT2D eigenvalue weighted by molar-refractivity contribution is 0.0500. The molecule has 2 aliphatic rings. The molecule has 4 heteroatoms. The Bertz CT molecular complexity index is 448. The molecule has 0 bridgehead atoms. The summed E-state index contributed by atoms with van der Waals surface area (Å²) in [6.07, 6.45) is 4.11. The van der Waals surface area contributed by atoms with E-state index in [1.54, 1.807) is 0 Å². The Morgan fingerprint density at radius 2 is 1.13 bits per heavy atom. The fourth-order valence-corrected chi connectivity index (χ4v) is 5.57. The highest BCUT2D eigenvalue weighted by molar-refractivity contribution is 4.84. The van der Waals surface area contributed by atoms with Gasteiger partial charge in [0.2, 0.25) is 0 Å². The van der Waals surface area contributed by atoms with Crippen molar-refractivity contribution >= 4 is 0 Å². The molecule has 178 valence electrons. The third-order valence-electron chi connectivity index (χ3n) is 7.69. The highest BCUT2D eigenvalue weighted by Crippen LogP contribution is 2.25. The highest BCUT2D eigenvalue weighted by atomic mass is 15.3. The molecule has 4 nitrogen and oxygen atoms in total. The van der Waals surface area contributed by atoms with Crippen LogP contribution in [-0.2, 0) is 0 Å². The summed E-state index contributed by atoms with van der Waals surface area (Å²) in [5.41, 5.74) is 0. The van der Waals surface area contributed by atoms with Crippen molar-refractivity contribution in [3.63, 3.8) is 0 Å². The SMILES string of the molecule is CC(C)CN1CCN(C(C)CCC(C)CC(C(C)C)N2CCN(C(C)C)CC2)CC1. The summed E-state index contributed by atoms with van der Waals surface area (Å²) in [5, 5.41) is 0. The van der Waals surface area contributed by atoms with Crippen molar-refractivity contribution in [3.8, 4) is 0 Å². The van der Waals surface area contributed by atoms with Gasteiger partial charge in [0.1, 0.15) is 0 Å². The van der Waals surface area contributed by atoms with Gasteiger partial charge in [0.15, 0.2) is 0 Å². The van der Waals surface area contributed by atoms with Crippen LogP contribution in [0.1, 0.15) is 74.7 Å². The smallest absolute Gasteiger partial charge is 0.0122 e. The van der Waals surface area contributed by atoms with Gasteiger partial charge in [-0.05, 0) is 57.8 Å². The Morgan fingerprint density at radius 3 is 1.63 bits per heavy atom. The summed E-state index contributed by atoms with van der Waals surface area (Å²) in [5.74, 6) is 2.37. The highest BCUT2D eigenvalue weighted by Gasteiger charge is 2.28. The van der Waals surface area contributed by atoms with Crippen LogP contribution in [0.4, 0.5) is 0 Å². The lowest BCUT2D eigenvalue weighted by Crippen LogP contribution is -2.53. The molecule has 0 aromatic rings. The van der Waals surface area contributed by atoms with E-state index in [4.69, 9.17) is 0 Å². The van der Waals surface area contributed by atoms with Crippen molar-refractivity contribution in [2.24, 2.45) is 17.8 Å². The number of rotatable bonds is 11. The van der Waals surface area contributed by atoms with Crippen LogP contribution >= 0.6 is 0 Å². The van der Waals surface area contributed by atoms with Crippen LogP contribution in [0.2, 0.25) is 0 Å². The molecule has 0 aromatic heterocycles. The average Bonchev–Trinajstić information content (AvgIpc) is 2.70. The van der Waals surface area contributed by atoms with Crippen molar-refractivity contribution < 1.29 is 0 Å². The summed E-state index contributed by atoms with van der Waals surface area (Å²) >= 11 is 0. The molecule has 2 aliphatic heterocycles. The zero-order valence-electron chi connectivity index (χ0n) is 21.7. The number of hydrogen-bond donors (Lipinski definition) is 0. The molecule has 0 spiro atoms. The second-order valence-corrected chi connectivity index (χ2v) is 11.5. The van der Waals surface area contributed by atoms with Gasteiger partial charge in [-0.2, -0.15) is 0 Å². The Kier molecular flexibility index (Phi) is 11.1. The molecule has 2 rings (SSSR count). The average molecular weight is 423 g/mol. The van der Waals surface area contributed by atoms with E-state index in [1.165, 1.54) is 78.2 Å². The topological polar surface area (TPSA) is 13.0 Å². The molecule has 3 unspecified atom stereocenters. The van der Waals surface area contributed by atoms with Gasteiger partial charge in [0, 0.05) is 77.0 Å². The Labute approximate surface area is 189 Å². The van der Waals surface area contributed by atoms with Gasteiger partial charge in [-0.15, -0.1) is 0 Å².